The number of nitrogens with one attached hydrogen (secondary N) is 2. The molecular weight excluding hydrogens is 414 g/mol. The summed E-state index contributed by atoms with van der Waals surface area (Å²) in [6.45, 7) is 4.24. The zero-order valence-electron chi connectivity index (χ0n) is 18.7. The normalized spacial score (nSPS) is 17.7. The zero-order valence-corrected chi connectivity index (χ0v) is 18.7. The van der Waals surface area contributed by atoms with E-state index in [1.54, 1.807) is 0 Å². The Bertz CT molecular complexity index is 1150. The van der Waals surface area contributed by atoms with E-state index in [0.717, 1.165) is 48.1 Å². The number of aromatic amines is 1. The molecule has 170 valence electrons. The summed E-state index contributed by atoms with van der Waals surface area (Å²) in [5.41, 5.74) is 3.59. The van der Waals surface area contributed by atoms with E-state index < -0.39 is 0 Å². The van der Waals surface area contributed by atoms with Crippen LogP contribution < -0.4 is 5.32 Å². The average molecular weight is 444 g/mol. The molecule has 2 aliphatic heterocycles. The second-order valence-electron chi connectivity index (χ2n) is 8.75. The van der Waals surface area contributed by atoms with E-state index in [1.165, 1.54) is 0 Å². The van der Waals surface area contributed by atoms with Crippen LogP contribution in [0.3, 0.4) is 0 Å². The second kappa shape index (κ2) is 9.58. The Balaban J connectivity index is 1.17. The molecule has 0 unspecified atom stereocenters. The lowest BCUT2D eigenvalue weighted by atomic mass is 9.96. The molecule has 2 aliphatic rings. The highest BCUT2D eigenvalue weighted by Gasteiger charge is 2.29. The van der Waals surface area contributed by atoms with Gasteiger partial charge < -0.3 is 15.1 Å². The Morgan fingerprint density at radius 3 is 2.33 bits per heavy atom. The van der Waals surface area contributed by atoms with Crippen LogP contribution in [0.1, 0.15) is 34.5 Å². The van der Waals surface area contributed by atoms with Gasteiger partial charge in [-0.2, -0.15) is 5.10 Å². The fourth-order valence-corrected chi connectivity index (χ4v) is 4.66. The largest absolute Gasteiger partial charge is 0.339 e. The van der Waals surface area contributed by atoms with E-state index in [0.29, 0.717) is 31.7 Å². The minimum atomic E-state index is 0.0257. The van der Waals surface area contributed by atoms with Crippen LogP contribution in [-0.4, -0.2) is 71.1 Å². The number of aromatic nitrogens is 2. The summed E-state index contributed by atoms with van der Waals surface area (Å²) in [7, 11) is 0. The molecule has 7 nitrogen and oxygen atoms in total. The molecule has 3 heterocycles. The molecule has 33 heavy (non-hydrogen) atoms. The zero-order chi connectivity index (χ0) is 22.6. The van der Waals surface area contributed by atoms with Gasteiger partial charge in [-0.1, -0.05) is 36.4 Å². The molecule has 0 saturated carbocycles. The van der Waals surface area contributed by atoms with Gasteiger partial charge in [-0.05, 0) is 55.8 Å². The van der Waals surface area contributed by atoms with Crippen molar-refractivity contribution in [1.29, 1.82) is 0 Å². The maximum Gasteiger partial charge on any atom is 0.253 e. The van der Waals surface area contributed by atoms with E-state index in [-0.39, 0.29) is 17.7 Å². The molecule has 0 atom stereocenters. The SMILES string of the molecule is O=C(c1ccc(/C=C/c2n[nH]c3ccccc23)cc1)N1CCN(C(=O)C2CCNCC2)CC1. The summed E-state index contributed by atoms with van der Waals surface area (Å²) in [5.74, 6) is 0.413. The van der Waals surface area contributed by atoms with Crippen molar-refractivity contribution in [3.8, 4) is 0 Å². The number of fused-ring (bicyclic) bond motifs is 1. The maximum absolute atomic E-state index is 13.0. The summed E-state index contributed by atoms with van der Waals surface area (Å²) in [5, 5.41) is 11.8. The van der Waals surface area contributed by atoms with Gasteiger partial charge >= 0.3 is 0 Å². The third-order valence-electron chi connectivity index (χ3n) is 6.66. The molecule has 0 radical (unpaired) electrons. The smallest absolute Gasteiger partial charge is 0.253 e. The van der Waals surface area contributed by atoms with Crippen molar-refractivity contribution < 1.29 is 9.59 Å². The lowest BCUT2D eigenvalue weighted by Gasteiger charge is -2.37. The van der Waals surface area contributed by atoms with Gasteiger partial charge in [0, 0.05) is 43.0 Å². The Labute approximate surface area is 193 Å². The molecule has 3 aromatic rings. The van der Waals surface area contributed by atoms with Crippen molar-refractivity contribution in [2.45, 2.75) is 12.8 Å². The molecular formula is C26H29N5O2. The van der Waals surface area contributed by atoms with Crippen LogP contribution in [0.2, 0.25) is 0 Å². The van der Waals surface area contributed by atoms with Gasteiger partial charge in [0.15, 0.2) is 0 Å². The van der Waals surface area contributed by atoms with Crippen LogP contribution in [0.4, 0.5) is 0 Å². The van der Waals surface area contributed by atoms with Gasteiger partial charge in [-0.15, -0.1) is 0 Å². The molecule has 2 aromatic carbocycles. The van der Waals surface area contributed by atoms with E-state index in [4.69, 9.17) is 0 Å². The van der Waals surface area contributed by atoms with Gasteiger partial charge in [0.2, 0.25) is 5.91 Å². The molecule has 0 spiro atoms. The first-order valence-electron chi connectivity index (χ1n) is 11.7. The molecule has 5 rings (SSSR count). The van der Waals surface area contributed by atoms with Crippen LogP contribution >= 0.6 is 0 Å². The number of hydrogen-bond acceptors (Lipinski definition) is 4. The minimum Gasteiger partial charge on any atom is -0.339 e. The molecule has 7 heteroatoms. The number of para-hydroxylation sites is 1. The molecule has 2 amide bonds. The molecule has 0 bridgehead atoms. The highest BCUT2D eigenvalue weighted by molar-refractivity contribution is 5.95. The summed E-state index contributed by atoms with van der Waals surface area (Å²) < 4.78 is 0. The van der Waals surface area contributed by atoms with Crippen LogP contribution in [0.15, 0.2) is 48.5 Å². The predicted molar refractivity (Wildman–Crippen MR) is 130 cm³/mol. The second-order valence-corrected chi connectivity index (χ2v) is 8.75. The molecule has 2 N–H and O–H groups in total. The van der Waals surface area contributed by atoms with E-state index in [2.05, 4.69) is 15.5 Å². The highest BCUT2D eigenvalue weighted by atomic mass is 16.2. The van der Waals surface area contributed by atoms with Gasteiger partial charge in [-0.25, -0.2) is 0 Å². The molecule has 2 saturated heterocycles. The maximum atomic E-state index is 13.0. The standard InChI is InChI=1S/C26H29N5O2/c32-25(30-15-17-31(18-16-30)26(33)21-11-13-27-14-12-21)20-8-5-19(6-9-20)7-10-24-22-3-1-2-4-23(22)28-29-24/h1-10,21,27H,11-18H2,(H,28,29)/b10-7+. The number of carbonyl (C=O) groups excluding carboxylic acids is 2. The molecule has 0 aliphatic carbocycles. The lowest BCUT2D eigenvalue weighted by Crippen LogP contribution is -2.52. The third kappa shape index (κ3) is 4.68. The van der Waals surface area contributed by atoms with Crippen LogP contribution in [0.5, 0.6) is 0 Å². The lowest BCUT2D eigenvalue weighted by molar-refractivity contribution is -0.137. The van der Waals surface area contributed by atoms with E-state index >= 15 is 0 Å². The van der Waals surface area contributed by atoms with Crippen LogP contribution in [0.25, 0.3) is 23.1 Å². The fraction of sp³-hybridized carbons (Fsp3) is 0.346. The van der Waals surface area contributed by atoms with Crippen molar-refractivity contribution in [2.24, 2.45) is 5.92 Å². The van der Waals surface area contributed by atoms with Gasteiger partial charge in [0.1, 0.15) is 0 Å². The summed E-state index contributed by atoms with van der Waals surface area (Å²) in [4.78, 5) is 29.5. The van der Waals surface area contributed by atoms with Crippen LogP contribution in [0, 0.1) is 5.92 Å². The number of rotatable bonds is 4. The number of benzene rings is 2. The predicted octanol–water partition coefficient (Wildman–Crippen LogP) is 3.02. The van der Waals surface area contributed by atoms with Crippen LogP contribution in [-0.2, 0) is 4.79 Å². The first-order valence-corrected chi connectivity index (χ1v) is 11.7. The first-order chi connectivity index (χ1) is 16.2. The summed E-state index contributed by atoms with van der Waals surface area (Å²) >= 11 is 0. The van der Waals surface area contributed by atoms with Crippen molar-refractivity contribution in [3.63, 3.8) is 0 Å². The van der Waals surface area contributed by atoms with Crippen molar-refractivity contribution >= 4 is 34.9 Å². The van der Waals surface area contributed by atoms with E-state index in [1.807, 2.05) is 70.5 Å². The van der Waals surface area contributed by atoms with Gasteiger partial charge in [0.05, 0.1) is 11.2 Å². The van der Waals surface area contributed by atoms with Crippen molar-refractivity contribution in [3.05, 3.63) is 65.4 Å². The minimum absolute atomic E-state index is 0.0257. The number of hydrogen-bond donors (Lipinski definition) is 2. The molecule has 2 fully saturated rings. The first kappa shape index (κ1) is 21.4. The summed E-state index contributed by atoms with van der Waals surface area (Å²) in [6.07, 6.45) is 5.81. The topological polar surface area (TPSA) is 81.3 Å². The van der Waals surface area contributed by atoms with Crippen molar-refractivity contribution in [1.82, 2.24) is 25.3 Å². The molecule has 1 aromatic heterocycles. The number of piperidine rings is 1. The van der Waals surface area contributed by atoms with Gasteiger partial charge in [-0.3, -0.25) is 14.7 Å². The Morgan fingerprint density at radius 2 is 1.58 bits per heavy atom. The summed E-state index contributed by atoms with van der Waals surface area (Å²) in [6, 6.07) is 15.7. The monoisotopic (exact) mass is 443 g/mol. The number of piperazine rings is 1. The van der Waals surface area contributed by atoms with Crippen molar-refractivity contribution in [2.75, 3.05) is 39.3 Å². The number of carbonyl (C=O) groups is 2. The van der Waals surface area contributed by atoms with Gasteiger partial charge in [0.25, 0.3) is 5.91 Å². The third-order valence-corrected chi connectivity index (χ3v) is 6.66. The quantitative estimate of drug-likeness (QED) is 0.650. The Kier molecular flexibility index (Phi) is 6.21. The fourth-order valence-electron chi connectivity index (χ4n) is 4.66. The van der Waals surface area contributed by atoms with E-state index in [9.17, 15) is 9.59 Å². The average Bonchev–Trinajstić information content (AvgIpc) is 3.31. The number of H-pyrrole nitrogens is 1. The number of amides is 2. The number of nitrogens with zero attached hydrogens (tertiary/aromatic N) is 3. The Morgan fingerprint density at radius 1 is 0.879 bits per heavy atom. The Hall–Kier alpha value is -3.45. The highest BCUT2D eigenvalue weighted by Crippen LogP contribution is 2.19.